The van der Waals surface area contributed by atoms with E-state index in [4.69, 9.17) is 5.11 Å². The number of carboxylic acids is 1. The Hall–Kier alpha value is -1.40. The molecule has 0 radical (unpaired) electrons. The van der Waals surface area contributed by atoms with Gasteiger partial charge in [-0.05, 0) is 28.6 Å². The molecule has 2 aromatic rings. The molecule has 1 unspecified atom stereocenters. The van der Waals surface area contributed by atoms with Gasteiger partial charge >= 0.3 is 5.97 Å². The molecule has 3 heteroatoms. The summed E-state index contributed by atoms with van der Waals surface area (Å²) in [6.07, 6.45) is 0.656. The lowest BCUT2D eigenvalue weighted by molar-refractivity contribution is 0.0696. The van der Waals surface area contributed by atoms with Crippen LogP contribution in [0.3, 0.4) is 0 Å². The molecule has 1 atom stereocenters. The Bertz CT molecular complexity index is 520. The van der Waals surface area contributed by atoms with Crippen LogP contribution in [0.15, 0.2) is 36.4 Å². The van der Waals surface area contributed by atoms with Gasteiger partial charge in [-0.1, -0.05) is 30.3 Å². The fourth-order valence-corrected chi connectivity index (χ4v) is 2.20. The Kier molecular flexibility index (Phi) is 2.70. The van der Waals surface area contributed by atoms with Crippen molar-refractivity contribution < 1.29 is 9.90 Å². The van der Waals surface area contributed by atoms with E-state index in [1.165, 1.54) is 0 Å². The van der Waals surface area contributed by atoms with Crippen LogP contribution < -0.4 is 0 Å². The van der Waals surface area contributed by atoms with Crippen LogP contribution in [0.4, 0.5) is 0 Å². The van der Waals surface area contributed by atoms with Crippen LogP contribution in [0.2, 0.25) is 0 Å². The minimum Gasteiger partial charge on any atom is -0.478 e. The van der Waals surface area contributed by atoms with Crippen LogP contribution >= 0.6 is 9.24 Å². The van der Waals surface area contributed by atoms with Gasteiger partial charge in [-0.2, -0.15) is 0 Å². The van der Waals surface area contributed by atoms with Crippen LogP contribution in [-0.4, -0.2) is 11.1 Å². The maximum absolute atomic E-state index is 11.0. The van der Waals surface area contributed by atoms with Crippen molar-refractivity contribution >= 4 is 26.0 Å². The summed E-state index contributed by atoms with van der Waals surface area (Å²) in [5, 5.41) is 11.2. The molecule has 0 amide bonds. The zero-order valence-corrected chi connectivity index (χ0v) is 9.26. The summed E-state index contributed by atoms with van der Waals surface area (Å²) in [6, 6.07) is 11.4. The molecule has 0 fully saturated rings. The first-order chi connectivity index (χ1) is 7.24. The van der Waals surface area contributed by atoms with Gasteiger partial charge in [0, 0.05) is 0 Å². The smallest absolute Gasteiger partial charge is 0.335 e. The Labute approximate surface area is 90.1 Å². The molecule has 0 heterocycles. The number of hydrogen-bond acceptors (Lipinski definition) is 1. The zero-order valence-electron chi connectivity index (χ0n) is 8.10. The molecular weight excluding hydrogens is 207 g/mol. The Morgan fingerprint density at radius 2 is 1.93 bits per heavy atom. The lowest BCUT2D eigenvalue weighted by atomic mass is 10.0. The van der Waals surface area contributed by atoms with Crippen LogP contribution in [0.5, 0.6) is 0 Å². The van der Waals surface area contributed by atoms with Crippen molar-refractivity contribution in [3.8, 4) is 0 Å². The summed E-state index contributed by atoms with van der Waals surface area (Å²) in [5.74, 6) is -0.863. The normalized spacial score (nSPS) is 10.5. The molecule has 0 aromatic heterocycles. The molecule has 0 aliphatic rings. The van der Waals surface area contributed by atoms with Gasteiger partial charge in [0.05, 0.1) is 5.56 Å². The second-order valence-corrected chi connectivity index (χ2v) is 3.73. The van der Waals surface area contributed by atoms with E-state index in [9.17, 15) is 4.79 Å². The van der Waals surface area contributed by atoms with E-state index in [0.29, 0.717) is 11.7 Å². The van der Waals surface area contributed by atoms with E-state index in [1.807, 2.05) is 30.3 Å². The molecule has 76 valence electrons. The maximum atomic E-state index is 11.0. The SMILES string of the molecule is O=C(O)c1ccc2ccccc2c1CP. The van der Waals surface area contributed by atoms with E-state index in [-0.39, 0.29) is 0 Å². The number of carbonyl (C=O) groups is 1. The molecule has 0 bridgehead atoms. The third-order valence-electron chi connectivity index (χ3n) is 2.48. The third-order valence-corrected chi connectivity index (χ3v) is 2.88. The minimum atomic E-state index is -0.863. The molecule has 15 heavy (non-hydrogen) atoms. The van der Waals surface area contributed by atoms with Gasteiger partial charge in [0.15, 0.2) is 0 Å². The van der Waals surface area contributed by atoms with Gasteiger partial charge in [0.2, 0.25) is 0 Å². The highest BCUT2D eigenvalue weighted by atomic mass is 31.0. The Morgan fingerprint density at radius 1 is 1.20 bits per heavy atom. The van der Waals surface area contributed by atoms with Crippen molar-refractivity contribution in [2.75, 3.05) is 0 Å². The largest absolute Gasteiger partial charge is 0.478 e. The fraction of sp³-hybridized carbons (Fsp3) is 0.0833. The summed E-state index contributed by atoms with van der Waals surface area (Å²) in [6.45, 7) is 0. The summed E-state index contributed by atoms with van der Waals surface area (Å²) in [5.41, 5.74) is 1.27. The molecule has 0 saturated heterocycles. The standard InChI is InChI=1S/C12H11O2P/c13-12(14)10-6-5-8-3-1-2-4-9(8)11(10)7-15/h1-6H,7,15H2,(H,13,14). The van der Waals surface area contributed by atoms with E-state index in [0.717, 1.165) is 16.3 Å². The predicted octanol–water partition coefficient (Wildman–Crippen LogP) is 2.91. The predicted molar refractivity (Wildman–Crippen MR) is 64.3 cm³/mol. The summed E-state index contributed by atoms with van der Waals surface area (Å²) < 4.78 is 0. The summed E-state index contributed by atoms with van der Waals surface area (Å²) >= 11 is 0. The Morgan fingerprint density at radius 3 is 2.60 bits per heavy atom. The summed E-state index contributed by atoms with van der Waals surface area (Å²) in [4.78, 5) is 11.0. The number of rotatable bonds is 2. The van der Waals surface area contributed by atoms with E-state index < -0.39 is 5.97 Å². The highest BCUT2D eigenvalue weighted by Crippen LogP contribution is 2.24. The second kappa shape index (κ2) is 4.00. The first-order valence-corrected chi connectivity index (χ1v) is 5.49. The topological polar surface area (TPSA) is 37.3 Å². The van der Waals surface area contributed by atoms with Crippen molar-refractivity contribution in [3.63, 3.8) is 0 Å². The maximum Gasteiger partial charge on any atom is 0.335 e. The third kappa shape index (κ3) is 1.73. The van der Waals surface area contributed by atoms with Crippen LogP contribution in [-0.2, 0) is 6.16 Å². The van der Waals surface area contributed by atoms with Crippen molar-refractivity contribution in [1.82, 2.24) is 0 Å². The lowest BCUT2D eigenvalue weighted by Gasteiger charge is -2.07. The average molecular weight is 218 g/mol. The molecule has 2 nitrogen and oxygen atoms in total. The molecular formula is C12H11O2P. The summed E-state index contributed by atoms with van der Waals surface area (Å²) in [7, 11) is 2.58. The first-order valence-electron chi connectivity index (χ1n) is 4.68. The van der Waals surface area contributed by atoms with Crippen LogP contribution in [0, 0.1) is 0 Å². The number of carboxylic acid groups (broad SMARTS) is 1. The van der Waals surface area contributed by atoms with Crippen LogP contribution in [0.1, 0.15) is 15.9 Å². The molecule has 1 N–H and O–H groups in total. The van der Waals surface area contributed by atoms with Gasteiger partial charge in [-0.3, -0.25) is 0 Å². The second-order valence-electron chi connectivity index (χ2n) is 3.32. The first kappa shape index (κ1) is 10.1. The number of fused-ring (bicyclic) bond motifs is 1. The van der Waals surface area contributed by atoms with Crippen molar-refractivity contribution in [2.24, 2.45) is 0 Å². The van der Waals surface area contributed by atoms with Gasteiger partial charge in [0.25, 0.3) is 0 Å². The molecule has 2 aromatic carbocycles. The highest BCUT2D eigenvalue weighted by Gasteiger charge is 2.10. The van der Waals surface area contributed by atoms with Gasteiger partial charge in [0.1, 0.15) is 0 Å². The zero-order chi connectivity index (χ0) is 10.8. The highest BCUT2D eigenvalue weighted by molar-refractivity contribution is 7.15. The molecule has 0 aliphatic heterocycles. The van der Waals surface area contributed by atoms with Gasteiger partial charge < -0.3 is 5.11 Å². The van der Waals surface area contributed by atoms with Crippen LogP contribution in [0.25, 0.3) is 10.8 Å². The van der Waals surface area contributed by atoms with E-state index in [1.54, 1.807) is 6.07 Å². The lowest BCUT2D eigenvalue weighted by Crippen LogP contribution is -2.01. The average Bonchev–Trinajstić information content (AvgIpc) is 2.27. The van der Waals surface area contributed by atoms with Crippen molar-refractivity contribution in [3.05, 3.63) is 47.5 Å². The molecule has 2 rings (SSSR count). The Balaban J connectivity index is 2.81. The van der Waals surface area contributed by atoms with E-state index in [2.05, 4.69) is 9.24 Å². The number of hydrogen-bond donors (Lipinski definition) is 1. The van der Waals surface area contributed by atoms with Gasteiger partial charge in [-0.25, -0.2) is 4.79 Å². The van der Waals surface area contributed by atoms with Crippen molar-refractivity contribution in [1.29, 1.82) is 0 Å². The fourth-order valence-electron chi connectivity index (χ4n) is 1.76. The van der Waals surface area contributed by atoms with Crippen molar-refractivity contribution in [2.45, 2.75) is 6.16 Å². The molecule has 0 aliphatic carbocycles. The monoisotopic (exact) mass is 218 g/mol. The van der Waals surface area contributed by atoms with Gasteiger partial charge in [-0.15, -0.1) is 9.24 Å². The molecule has 0 spiro atoms. The number of aromatic carboxylic acids is 1. The minimum absolute atomic E-state index is 0.392. The quantitative estimate of drug-likeness (QED) is 0.787. The molecule has 0 saturated carbocycles. The van der Waals surface area contributed by atoms with E-state index >= 15 is 0 Å². The number of benzene rings is 2.